The Bertz CT molecular complexity index is 496. The molecule has 3 rings (SSSR count). The second kappa shape index (κ2) is 3.64. The number of rotatable bonds is 2. The van der Waals surface area contributed by atoms with Crippen LogP contribution in [0.1, 0.15) is 27.7 Å². The van der Waals surface area contributed by atoms with Crippen LogP contribution in [0.15, 0.2) is 10.6 Å². The van der Waals surface area contributed by atoms with Gasteiger partial charge in [-0.05, 0) is 12.2 Å². The van der Waals surface area contributed by atoms with Gasteiger partial charge >= 0.3 is 0 Å². The summed E-state index contributed by atoms with van der Waals surface area (Å²) >= 11 is 3.44. The Labute approximate surface area is 94.8 Å². The van der Waals surface area contributed by atoms with E-state index in [1.165, 1.54) is 23.5 Å². The maximum atomic E-state index is 10.7. The highest BCUT2D eigenvalue weighted by atomic mass is 32.2. The van der Waals surface area contributed by atoms with Gasteiger partial charge in [0, 0.05) is 17.7 Å². The van der Waals surface area contributed by atoms with Crippen molar-refractivity contribution in [3.05, 3.63) is 16.6 Å². The molecule has 0 saturated carbocycles. The summed E-state index contributed by atoms with van der Waals surface area (Å²) in [6.07, 6.45) is 2.04. The Morgan fingerprint density at radius 1 is 1.60 bits per heavy atom. The van der Waals surface area contributed by atoms with Crippen molar-refractivity contribution in [2.75, 3.05) is 11.5 Å². The first-order valence-corrected chi connectivity index (χ1v) is 6.77. The first kappa shape index (κ1) is 9.42. The molecule has 0 aliphatic carbocycles. The van der Waals surface area contributed by atoms with Gasteiger partial charge in [-0.3, -0.25) is 4.79 Å². The van der Waals surface area contributed by atoms with E-state index in [2.05, 4.69) is 5.16 Å². The molecule has 0 amide bonds. The smallest absolute Gasteiger partial charge is 0.178 e. The summed E-state index contributed by atoms with van der Waals surface area (Å²) in [6, 6.07) is 1.77. The molecule has 1 unspecified atom stereocenters. The monoisotopic (exact) mass is 239 g/mol. The Balaban J connectivity index is 2.09. The number of carbonyl (C=O) groups is 1. The molecule has 0 radical (unpaired) electrons. The summed E-state index contributed by atoms with van der Waals surface area (Å²) in [5.41, 5.74) is 1.81. The van der Waals surface area contributed by atoms with Crippen LogP contribution in [0.2, 0.25) is 0 Å². The molecule has 1 aliphatic rings. The fourth-order valence-corrected chi connectivity index (χ4v) is 4.03. The van der Waals surface area contributed by atoms with Gasteiger partial charge in [0.15, 0.2) is 11.9 Å². The van der Waals surface area contributed by atoms with Crippen LogP contribution >= 0.6 is 23.1 Å². The zero-order valence-electron chi connectivity index (χ0n) is 7.93. The number of aldehydes is 1. The predicted molar refractivity (Wildman–Crippen MR) is 62.0 cm³/mol. The molecule has 0 bridgehead atoms. The van der Waals surface area contributed by atoms with E-state index in [1.807, 2.05) is 11.8 Å². The Morgan fingerprint density at radius 2 is 2.53 bits per heavy atom. The number of aromatic nitrogens is 1. The zero-order chi connectivity index (χ0) is 10.3. The molecular weight excluding hydrogens is 230 g/mol. The number of fused-ring (bicyclic) bond motifs is 1. The number of nitrogens with zero attached hydrogens (tertiary/aromatic N) is 1. The van der Waals surface area contributed by atoms with E-state index in [1.54, 1.807) is 6.07 Å². The average Bonchev–Trinajstić information content (AvgIpc) is 2.92. The van der Waals surface area contributed by atoms with Gasteiger partial charge < -0.3 is 4.52 Å². The molecule has 0 aromatic carbocycles. The van der Waals surface area contributed by atoms with Gasteiger partial charge in [0.2, 0.25) is 0 Å². The van der Waals surface area contributed by atoms with Crippen LogP contribution < -0.4 is 0 Å². The number of hydrogen-bond acceptors (Lipinski definition) is 5. The van der Waals surface area contributed by atoms with Crippen molar-refractivity contribution in [1.29, 1.82) is 0 Å². The van der Waals surface area contributed by atoms with Crippen LogP contribution in [0.5, 0.6) is 0 Å². The van der Waals surface area contributed by atoms with E-state index in [0.29, 0.717) is 5.92 Å². The predicted octanol–water partition coefficient (Wildman–Crippen LogP) is 2.92. The quantitative estimate of drug-likeness (QED) is 0.756. The molecule has 2 aromatic rings. The second-order valence-electron chi connectivity index (χ2n) is 3.59. The number of hydrogen-bond donors (Lipinski definition) is 0. The summed E-state index contributed by atoms with van der Waals surface area (Å²) in [6.45, 7) is 0. The number of thiophene rings is 1. The highest BCUT2D eigenvalue weighted by Crippen LogP contribution is 2.38. The third-order valence-electron chi connectivity index (χ3n) is 2.62. The molecule has 3 heterocycles. The van der Waals surface area contributed by atoms with Crippen molar-refractivity contribution in [3.8, 4) is 0 Å². The van der Waals surface area contributed by atoms with Crippen molar-refractivity contribution in [2.45, 2.75) is 12.3 Å². The van der Waals surface area contributed by atoms with E-state index in [4.69, 9.17) is 4.52 Å². The third-order valence-corrected chi connectivity index (χ3v) is 4.85. The normalized spacial score (nSPS) is 21.2. The van der Waals surface area contributed by atoms with Crippen LogP contribution in [0.3, 0.4) is 0 Å². The number of carbonyl (C=O) groups excluding carboxylic acids is 1. The maximum Gasteiger partial charge on any atom is 0.178 e. The fraction of sp³-hybridized carbons (Fsp3) is 0.400. The first-order valence-electron chi connectivity index (χ1n) is 4.80. The van der Waals surface area contributed by atoms with Gasteiger partial charge in [-0.25, -0.2) is 0 Å². The average molecular weight is 239 g/mol. The van der Waals surface area contributed by atoms with E-state index in [9.17, 15) is 4.79 Å². The molecule has 0 spiro atoms. The summed E-state index contributed by atoms with van der Waals surface area (Å²) < 4.78 is 6.30. The van der Waals surface area contributed by atoms with Crippen LogP contribution in [-0.2, 0) is 0 Å². The summed E-state index contributed by atoms with van der Waals surface area (Å²) in [5, 5.41) is 4.12. The lowest BCUT2D eigenvalue weighted by atomic mass is 10.1. The summed E-state index contributed by atoms with van der Waals surface area (Å²) in [5.74, 6) is 2.83. The molecule has 1 saturated heterocycles. The van der Waals surface area contributed by atoms with Gasteiger partial charge in [0.1, 0.15) is 5.69 Å². The molecule has 3 nitrogen and oxygen atoms in total. The first-order chi connectivity index (χ1) is 7.38. The molecule has 1 fully saturated rings. The van der Waals surface area contributed by atoms with Crippen molar-refractivity contribution in [2.24, 2.45) is 0 Å². The molecule has 2 aromatic heterocycles. The Morgan fingerprint density at radius 3 is 3.27 bits per heavy atom. The SMILES string of the molecule is O=Cc1cc2onc(C3CCSC3)c2s1. The van der Waals surface area contributed by atoms with Gasteiger partial charge in [-0.1, -0.05) is 5.16 Å². The zero-order valence-corrected chi connectivity index (χ0v) is 9.57. The lowest BCUT2D eigenvalue weighted by Crippen LogP contribution is -1.95. The van der Waals surface area contributed by atoms with Crippen LogP contribution in [-0.4, -0.2) is 22.9 Å². The van der Waals surface area contributed by atoms with Gasteiger partial charge in [0.25, 0.3) is 0 Å². The van der Waals surface area contributed by atoms with Crippen LogP contribution in [0.4, 0.5) is 0 Å². The summed E-state index contributed by atoms with van der Waals surface area (Å²) in [7, 11) is 0. The topological polar surface area (TPSA) is 43.1 Å². The molecule has 5 heteroatoms. The Hall–Kier alpha value is -0.810. The minimum absolute atomic E-state index is 0.509. The van der Waals surface area contributed by atoms with Crippen LogP contribution in [0.25, 0.3) is 10.3 Å². The Kier molecular flexibility index (Phi) is 2.29. The van der Waals surface area contributed by atoms with E-state index in [0.717, 1.165) is 32.9 Å². The van der Waals surface area contributed by atoms with Crippen molar-refractivity contribution >= 4 is 39.7 Å². The largest absolute Gasteiger partial charge is 0.355 e. The third kappa shape index (κ3) is 1.50. The highest BCUT2D eigenvalue weighted by Gasteiger charge is 2.24. The molecule has 78 valence electrons. The van der Waals surface area contributed by atoms with E-state index in [-0.39, 0.29) is 0 Å². The lowest BCUT2D eigenvalue weighted by molar-refractivity contribution is 0.112. The van der Waals surface area contributed by atoms with E-state index >= 15 is 0 Å². The molecule has 1 aliphatic heterocycles. The molecular formula is C10H9NO2S2. The fourth-order valence-electron chi connectivity index (χ4n) is 1.85. The van der Waals surface area contributed by atoms with Gasteiger partial charge in [-0.2, -0.15) is 11.8 Å². The maximum absolute atomic E-state index is 10.7. The standard InChI is InChI=1S/C10H9NO2S2/c12-4-7-3-8-10(15-7)9(11-13-8)6-1-2-14-5-6/h3-4,6H,1-2,5H2. The molecule has 0 N–H and O–H groups in total. The second-order valence-corrected chi connectivity index (χ2v) is 5.82. The van der Waals surface area contributed by atoms with Crippen molar-refractivity contribution in [3.63, 3.8) is 0 Å². The minimum atomic E-state index is 0.509. The van der Waals surface area contributed by atoms with Crippen LogP contribution in [0, 0.1) is 0 Å². The van der Waals surface area contributed by atoms with E-state index < -0.39 is 0 Å². The molecule has 15 heavy (non-hydrogen) atoms. The summed E-state index contributed by atoms with van der Waals surface area (Å²) in [4.78, 5) is 11.4. The lowest BCUT2D eigenvalue weighted by Gasteiger charge is -2.00. The van der Waals surface area contributed by atoms with Crippen molar-refractivity contribution < 1.29 is 9.32 Å². The minimum Gasteiger partial charge on any atom is -0.355 e. The highest BCUT2D eigenvalue weighted by molar-refractivity contribution is 7.99. The molecule has 1 atom stereocenters. The van der Waals surface area contributed by atoms with Gasteiger partial charge in [0.05, 0.1) is 9.58 Å². The van der Waals surface area contributed by atoms with Gasteiger partial charge in [-0.15, -0.1) is 11.3 Å². The number of thioether (sulfide) groups is 1. The van der Waals surface area contributed by atoms with Crippen molar-refractivity contribution in [1.82, 2.24) is 5.16 Å².